The van der Waals surface area contributed by atoms with Crippen LogP contribution in [0.2, 0.25) is 0 Å². The van der Waals surface area contributed by atoms with Crippen LogP contribution >= 0.6 is 0 Å². The molecule has 74 heavy (non-hydrogen) atoms. The van der Waals surface area contributed by atoms with Crippen LogP contribution in [0.25, 0.3) is 97.7 Å². The van der Waals surface area contributed by atoms with Crippen LogP contribution in [0.1, 0.15) is 0 Å². The molecule has 0 aromatic heterocycles. The van der Waals surface area contributed by atoms with Crippen LogP contribution in [-0.2, 0) is 0 Å². The van der Waals surface area contributed by atoms with E-state index in [0.29, 0.717) is 37.9 Å². The van der Waals surface area contributed by atoms with Crippen molar-refractivity contribution in [3.63, 3.8) is 0 Å². The highest BCUT2D eigenvalue weighted by atomic mass is 16.5. The summed E-state index contributed by atoms with van der Waals surface area (Å²) in [6.45, 7) is 1.43. The van der Waals surface area contributed by atoms with E-state index in [4.69, 9.17) is 28.4 Å². The van der Waals surface area contributed by atoms with Crippen molar-refractivity contribution in [1.29, 1.82) is 0 Å². The summed E-state index contributed by atoms with van der Waals surface area (Å²) in [5.74, 6) is 4.32. The van der Waals surface area contributed by atoms with E-state index in [1.165, 1.54) is 0 Å². The topological polar surface area (TPSA) is 95.8 Å². The van der Waals surface area contributed by atoms with Crippen LogP contribution in [0.4, 0.5) is 0 Å². The van der Waals surface area contributed by atoms with E-state index in [2.05, 4.69) is 121 Å². The molecule has 12 rings (SSSR count). The summed E-state index contributed by atoms with van der Waals surface area (Å²) in [6, 6.07) is 70.5. The standard InChI is InChI=1S/C66H52O8/c67-33-35-71-59-29-21-43-11-1-5-15-49(43)63(59)65-51-17-7-3-13-45(51)23-31-61(65)73-39-37-69-47-25-27-55-56-28-26-48(42-58(56)54-20-10-9-19-53(54)57(55)41-47)70-38-40-74-62-32-24-46-14-4-8-18-52(46)66(62)64-50-16-6-2-12-44(50)22-30-60(64)72-36-34-68/h1-32,41-42,67-68H,33-40H2. The summed E-state index contributed by atoms with van der Waals surface area (Å²) in [7, 11) is 0. The highest BCUT2D eigenvalue weighted by Crippen LogP contribution is 2.47. The summed E-state index contributed by atoms with van der Waals surface area (Å²) in [5.41, 5.74) is 3.73. The predicted octanol–water partition coefficient (Wildman–Crippen LogP) is 14.8. The van der Waals surface area contributed by atoms with Gasteiger partial charge in [0.15, 0.2) is 0 Å². The van der Waals surface area contributed by atoms with Gasteiger partial charge in [-0.3, -0.25) is 0 Å². The SMILES string of the molecule is OCCOc1ccc2ccccc2c1-c1c(OCCOc2ccc3c4ccc(OCCOc5ccc6ccccc6c5-c5c(OCCO)ccc6ccccc56)cc4c4ccccc4c3c2)ccc2ccccc12. The van der Waals surface area contributed by atoms with E-state index < -0.39 is 0 Å². The number of hydrogen-bond donors (Lipinski definition) is 2. The average Bonchev–Trinajstić information content (AvgIpc) is 3.46. The Balaban J connectivity index is 0.782. The normalized spacial score (nSPS) is 11.5. The zero-order valence-corrected chi connectivity index (χ0v) is 40.6. The first-order valence-corrected chi connectivity index (χ1v) is 25.1. The monoisotopic (exact) mass is 972 g/mol. The molecule has 0 atom stereocenters. The van der Waals surface area contributed by atoms with E-state index in [0.717, 1.165) is 121 Å². The van der Waals surface area contributed by atoms with Crippen molar-refractivity contribution in [1.82, 2.24) is 0 Å². The quantitative estimate of drug-likeness (QED) is 0.0648. The fourth-order valence-corrected chi connectivity index (χ4v) is 10.5. The second-order valence-electron chi connectivity index (χ2n) is 18.1. The molecule has 0 heterocycles. The lowest BCUT2D eigenvalue weighted by Gasteiger charge is -2.20. The predicted molar refractivity (Wildman–Crippen MR) is 300 cm³/mol. The smallest absolute Gasteiger partial charge is 0.128 e. The molecule has 0 radical (unpaired) electrons. The lowest BCUT2D eigenvalue weighted by Crippen LogP contribution is -2.10. The number of aliphatic hydroxyl groups is 2. The molecule has 0 aliphatic heterocycles. The van der Waals surface area contributed by atoms with Gasteiger partial charge in [-0.25, -0.2) is 0 Å². The number of fused-ring (bicyclic) bond motifs is 10. The second kappa shape index (κ2) is 20.7. The van der Waals surface area contributed by atoms with Crippen molar-refractivity contribution in [3.8, 4) is 56.8 Å². The number of hydrogen-bond acceptors (Lipinski definition) is 8. The largest absolute Gasteiger partial charge is 0.491 e. The van der Waals surface area contributed by atoms with Crippen molar-refractivity contribution in [2.24, 2.45) is 0 Å². The number of rotatable bonds is 18. The third kappa shape index (κ3) is 8.85. The van der Waals surface area contributed by atoms with Crippen molar-refractivity contribution in [2.75, 3.05) is 52.9 Å². The highest BCUT2D eigenvalue weighted by Gasteiger charge is 2.21. The summed E-state index contributed by atoms with van der Waals surface area (Å²) >= 11 is 0. The van der Waals surface area contributed by atoms with Crippen molar-refractivity contribution in [3.05, 3.63) is 206 Å². The Morgan fingerprint density at radius 1 is 0.230 bits per heavy atom. The van der Waals surface area contributed by atoms with Crippen LogP contribution in [0.5, 0.6) is 34.5 Å². The molecule has 12 aromatic carbocycles. The van der Waals surface area contributed by atoms with Gasteiger partial charge in [-0.1, -0.05) is 158 Å². The Morgan fingerprint density at radius 2 is 0.500 bits per heavy atom. The maximum Gasteiger partial charge on any atom is 0.128 e. The summed E-state index contributed by atoms with van der Waals surface area (Å²) in [5, 5.41) is 34.6. The van der Waals surface area contributed by atoms with Gasteiger partial charge in [0, 0.05) is 22.3 Å². The van der Waals surface area contributed by atoms with Crippen LogP contribution in [0.15, 0.2) is 206 Å². The lowest BCUT2D eigenvalue weighted by molar-refractivity contribution is 0.202. The molecule has 0 aliphatic carbocycles. The first kappa shape index (κ1) is 46.3. The van der Waals surface area contributed by atoms with Gasteiger partial charge in [0.1, 0.15) is 74.1 Å². The zero-order valence-electron chi connectivity index (χ0n) is 40.6. The minimum Gasteiger partial charge on any atom is -0.491 e. The van der Waals surface area contributed by atoms with Gasteiger partial charge in [0.2, 0.25) is 0 Å². The van der Waals surface area contributed by atoms with Gasteiger partial charge in [-0.2, -0.15) is 0 Å². The zero-order chi connectivity index (χ0) is 49.8. The molecule has 0 aliphatic rings. The molecular formula is C66H52O8. The fraction of sp³-hybridized carbons (Fsp3) is 0.121. The number of ether oxygens (including phenoxy) is 6. The number of benzene rings is 12. The van der Waals surface area contributed by atoms with E-state index in [9.17, 15) is 10.2 Å². The summed E-state index contributed by atoms with van der Waals surface area (Å²) in [6.07, 6.45) is 0. The van der Waals surface area contributed by atoms with Crippen molar-refractivity contribution >= 4 is 75.4 Å². The number of aliphatic hydroxyl groups excluding tert-OH is 2. The molecule has 0 fully saturated rings. The average molecular weight is 973 g/mol. The fourth-order valence-electron chi connectivity index (χ4n) is 10.5. The third-order valence-electron chi connectivity index (χ3n) is 13.8. The van der Waals surface area contributed by atoms with E-state index >= 15 is 0 Å². The third-order valence-corrected chi connectivity index (χ3v) is 13.8. The maximum absolute atomic E-state index is 9.71. The Kier molecular flexibility index (Phi) is 13.0. The van der Waals surface area contributed by atoms with Gasteiger partial charge in [0.05, 0.1) is 13.2 Å². The van der Waals surface area contributed by atoms with Crippen LogP contribution in [0.3, 0.4) is 0 Å². The molecule has 8 heteroatoms. The van der Waals surface area contributed by atoms with Crippen LogP contribution in [-0.4, -0.2) is 63.1 Å². The molecule has 8 nitrogen and oxygen atoms in total. The summed E-state index contributed by atoms with van der Waals surface area (Å²) in [4.78, 5) is 0. The van der Waals surface area contributed by atoms with Crippen LogP contribution < -0.4 is 28.4 Å². The first-order valence-electron chi connectivity index (χ1n) is 25.1. The first-order chi connectivity index (χ1) is 36.6. The minimum absolute atomic E-state index is 0.0909. The molecule has 0 bridgehead atoms. The molecule has 0 saturated carbocycles. The molecule has 2 N–H and O–H groups in total. The molecule has 12 aromatic rings. The Bertz CT molecular complexity index is 3750. The Hall–Kier alpha value is -8.82. The Morgan fingerprint density at radius 3 is 0.824 bits per heavy atom. The van der Waals surface area contributed by atoms with Gasteiger partial charge >= 0.3 is 0 Å². The van der Waals surface area contributed by atoms with Crippen molar-refractivity contribution < 1.29 is 38.6 Å². The molecule has 364 valence electrons. The second-order valence-corrected chi connectivity index (χ2v) is 18.1. The van der Waals surface area contributed by atoms with E-state index in [-0.39, 0.29) is 26.4 Å². The van der Waals surface area contributed by atoms with Crippen LogP contribution in [0, 0.1) is 0 Å². The molecule has 0 saturated heterocycles. The Labute approximate surface area is 428 Å². The van der Waals surface area contributed by atoms with Gasteiger partial charge in [-0.15, -0.1) is 0 Å². The molecule has 0 spiro atoms. The van der Waals surface area contributed by atoms with Gasteiger partial charge in [0.25, 0.3) is 0 Å². The molecular weight excluding hydrogens is 921 g/mol. The molecule has 0 unspecified atom stereocenters. The summed E-state index contributed by atoms with van der Waals surface area (Å²) < 4.78 is 38.5. The van der Waals surface area contributed by atoms with E-state index in [1.54, 1.807) is 0 Å². The molecule has 0 amide bonds. The van der Waals surface area contributed by atoms with Gasteiger partial charge < -0.3 is 38.6 Å². The minimum atomic E-state index is -0.0909. The van der Waals surface area contributed by atoms with E-state index in [1.807, 2.05) is 84.9 Å². The lowest BCUT2D eigenvalue weighted by atomic mass is 9.92. The maximum atomic E-state index is 9.71. The highest BCUT2D eigenvalue weighted by molar-refractivity contribution is 6.25. The van der Waals surface area contributed by atoms with Gasteiger partial charge in [-0.05, 0) is 124 Å². The van der Waals surface area contributed by atoms with Crippen molar-refractivity contribution in [2.45, 2.75) is 0 Å².